The zero-order chi connectivity index (χ0) is 24.5. The molecule has 0 fully saturated rings. The molecule has 0 bridgehead atoms. The van der Waals surface area contributed by atoms with Crippen molar-refractivity contribution < 1.29 is 14.6 Å². The molecule has 4 N–H and O–H groups in total. The maximum absolute atomic E-state index is 12.4. The SMILES string of the molecule is CCc1nc(NCCNc2ccc([N+](=O)[O-])cn2)nc(Cc2cccc(C#N)c2)c1C(=O)ON. The number of nitrogens with two attached hydrogens (primary N) is 1. The van der Waals surface area contributed by atoms with Gasteiger partial charge in [-0.15, -0.1) is 0 Å². The van der Waals surface area contributed by atoms with Gasteiger partial charge in [0.2, 0.25) is 5.95 Å². The molecular weight excluding hydrogens is 440 g/mol. The van der Waals surface area contributed by atoms with E-state index in [4.69, 9.17) is 11.2 Å². The van der Waals surface area contributed by atoms with Crippen molar-refractivity contribution in [3.63, 3.8) is 0 Å². The summed E-state index contributed by atoms with van der Waals surface area (Å²) in [6, 6.07) is 12.0. The van der Waals surface area contributed by atoms with Gasteiger partial charge in [-0.2, -0.15) is 11.2 Å². The highest BCUT2D eigenvalue weighted by molar-refractivity contribution is 5.92. The first-order chi connectivity index (χ1) is 16.4. The molecule has 0 aliphatic carbocycles. The van der Waals surface area contributed by atoms with E-state index >= 15 is 0 Å². The summed E-state index contributed by atoms with van der Waals surface area (Å²) in [6.07, 6.45) is 1.89. The van der Waals surface area contributed by atoms with Crippen molar-refractivity contribution in [2.75, 3.05) is 23.7 Å². The maximum atomic E-state index is 12.4. The lowest BCUT2D eigenvalue weighted by molar-refractivity contribution is -0.385. The largest absolute Gasteiger partial charge is 0.370 e. The number of anilines is 2. The lowest BCUT2D eigenvalue weighted by Gasteiger charge is -2.14. The minimum absolute atomic E-state index is 0.0897. The van der Waals surface area contributed by atoms with Crippen LogP contribution >= 0.6 is 0 Å². The topological polar surface area (TPSA) is 182 Å². The third kappa shape index (κ3) is 5.99. The van der Waals surface area contributed by atoms with Crippen LogP contribution in [0.15, 0.2) is 42.6 Å². The highest BCUT2D eigenvalue weighted by atomic mass is 16.7. The third-order valence-electron chi connectivity index (χ3n) is 4.81. The Morgan fingerprint density at radius 2 is 1.97 bits per heavy atom. The molecule has 3 aromatic rings. The Labute approximate surface area is 194 Å². The fraction of sp³-hybridized carbons (Fsp3) is 0.227. The summed E-state index contributed by atoms with van der Waals surface area (Å²) in [5, 5.41) is 26.0. The Balaban J connectivity index is 1.76. The average Bonchev–Trinajstić information content (AvgIpc) is 2.86. The second kappa shape index (κ2) is 11.3. The molecule has 0 aliphatic rings. The number of benzene rings is 1. The smallest absolute Gasteiger partial charge is 0.360 e. The number of pyridine rings is 1. The fourth-order valence-electron chi connectivity index (χ4n) is 3.22. The van der Waals surface area contributed by atoms with E-state index < -0.39 is 10.9 Å². The zero-order valence-corrected chi connectivity index (χ0v) is 18.3. The molecule has 174 valence electrons. The van der Waals surface area contributed by atoms with Crippen LogP contribution in [0.5, 0.6) is 0 Å². The van der Waals surface area contributed by atoms with Gasteiger partial charge in [-0.25, -0.2) is 19.7 Å². The summed E-state index contributed by atoms with van der Waals surface area (Å²) in [6.45, 7) is 2.69. The van der Waals surface area contributed by atoms with E-state index in [0.29, 0.717) is 48.2 Å². The second-order valence-electron chi connectivity index (χ2n) is 7.08. The molecule has 3 rings (SSSR count). The van der Waals surface area contributed by atoms with E-state index in [9.17, 15) is 14.9 Å². The molecule has 12 heteroatoms. The minimum Gasteiger partial charge on any atom is -0.370 e. The highest BCUT2D eigenvalue weighted by Gasteiger charge is 2.21. The lowest BCUT2D eigenvalue weighted by Crippen LogP contribution is -2.21. The van der Waals surface area contributed by atoms with E-state index in [1.807, 2.05) is 13.0 Å². The first kappa shape index (κ1) is 24.0. The molecule has 2 heterocycles. The molecule has 0 amide bonds. The van der Waals surface area contributed by atoms with E-state index in [-0.39, 0.29) is 17.7 Å². The number of hydrogen-bond acceptors (Lipinski definition) is 11. The predicted molar refractivity (Wildman–Crippen MR) is 123 cm³/mol. The Kier molecular flexibility index (Phi) is 7.98. The summed E-state index contributed by atoms with van der Waals surface area (Å²) in [7, 11) is 0. The monoisotopic (exact) mass is 462 g/mol. The van der Waals surface area contributed by atoms with E-state index in [1.54, 1.807) is 18.2 Å². The van der Waals surface area contributed by atoms with E-state index in [0.717, 1.165) is 5.56 Å². The van der Waals surface area contributed by atoms with Gasteiger partial charge in [0.05, 0.1) is 27.9 Å². The summed E-state index contributed by atoms with van der Waals surface area (Å²) in [5.41, 5.74) is 2.30. The maximum Gasteiger partial charge on any atom is 0.360 e. The van der Waals surface area contributed by atoms with Crippen molar-refractivity contribution in [2.24, 2.45) is 5.90 Å². The van der Waals surface area contributed by atoms with Crippen molar-refractivity contribution >= 4 is 23.4 Å². The van der Waals surface area contributed by atoms with Gasteiger partial charge in [0, 0.05) is 25.6 Å². The minimum atomic E-state index is -0.735. The van der Waals surface area contributed by atoms with Crippen molar-refractivity contribution in [2.45, 2.75) is 19.8 Å². The number of hydrogen-bond donors (Lipinski definition) is 3. The number of rotatable bonds is 10. The molecule has 0 radical (unpaired) electrons. The van der Waals surface area contributed by atoms with Gasteiger partial charge >= 0.3 is 5.97 Å². The number of carbonyl (C=O) groups excluding carboxylic acids is 1. The summed E-state index contributed by atoms with van der Waals surface area (Å²) >= 11 is 0. The van der Waals surface area contributed by atoms with Gasteiger partial charge < -0.3 is 15.5 Å². The van der Waals surface area contributed by atoms with Crippen LogP contribution in [0.3, 0.4) is 0 Å². The summed E-state index contributed by atoms with van der Waals surface area (Å²) in [5.74, 6) is 5.21. The number of nitrogens with zero attached hydrogens (tertiary/aromatic N) is 5. The third-order valence-corrected chi connectivity index (χ3v) is 4.81. The van der Waals surface area contributed by atoms with Crippen LogP contribution in [0.2, 0.25) is 0 Å². The van der Waals surface area contributed by atoms with Crippen molar-refractivity contribution in [3.05, 3.63) is 80.8 Å². The predicted octanol–water partition coefficient (Wildman–Crippen LogP) is 2.36. The van der Waals surface area contributed by atoms with Crippen LogP contribution in [0, 0.1) is 21.4 Å². The molecular formula is C22H22N8O4. The van der Waals surface area contributed by atoms with Crippen molar-refractivity contribution in [3.8, 4) is 6.07 Å². The molecule has 2 aromatic heterocycles. The standard InChI is InChI=1S/C22H22N8O4/c1-2-17-20(21(31)34-24)18(11-14-4-3-5-15(10-14)12-23)29-22(28-17)26-9-8-25-19-7-6-16(13-27-19)30(32)33/h3-7,10,13H,2,8-9,11,24H2,1H3,(H,25,27)(H,26,28,29). The number of aryl methyl sites for hydroxylation is 1. The van der Waals surface area contributed by atoms with E-state index in [2.05, 4.69) is 36.5 Å². The van der Waals surface area contributed by atoms with Crippen molar-refractivity contribution in [1.82, 2.24) is 15.0 Å². The number of aromatic nitrogens is 3. The van der Waals surface area contributed by atoms with Gasteiger partial charge in [0.25, 0.3) is 5.69 Å². The zero-order valence-electron chi connectivity index (χ0n) is 18.3. The number of nitrogens with one attached hydrogen (secondary N) is 2. The Morgan fingerprint density at radius 1 is 1.21 bits per heavy atom. The Morgan fingerprint density at radius 3 is 2.62 bits per heavy atom. The molecule has 1 aromatic carbocycles. The van der Waals surface area contributed by atoms with Gasteiger partial charge in [0.15, 0.2) is 0 Å². The van der Waals surface area contributed by atoms with Gasteiger partial charge in [-0.05, 0) is 30.2 Å². The highest BCUT2D eigenvalue weighted by Crippen LogP contribution is 2.20. The molecule has 0 spiro atoms. The molecule has 0 saturated heterocycles. The molecule has 0 saturated carbocycles. The normalized spacial score (nSPS) is 10.3. The quantitative estimate of drug-likeness (QED) is 0.228. The van der Waals surface area contributed by atoms with Crippen LogP contribution in [0.4, 0.5) is 17.5 Å². The van der Waals surface area contributed by atoms with Gasteiger partial charge in [-0.3, -0.25) is 10.1 Å². The Bertz CT molecular complexity index is 1220. The lowest BCUT2D eigenvalue weighted by atomic mass is 10.0. The van der Waals surface area contributed by atoms with Crippen molar-refractivity contribution in [1.29, 1.82) is 5.26 Å². The number of nitro groups is 1. The van der Waals surface area contributed by atoms with Crippen LogP contribution in [0.25, 0.3) is 0 Å². The molecule has 0 aliphatic heterocycles. The fourth-order valence-corrected chi connectivity index (χ4v) is 3.22. The number of nitriles is 1. The molecule has 0 unspecified atom stereocenters. The molecule has 0 atom stereocenters. The first-order valence-electron chi connectivity index (χ1n) is 10.3. The van der Waals surface area contributed by atoms with Crippen LogP contribution < -0.4 is 16.5 Å². The number of carbonyl (C=O) groups is 1. The average molecular weight is 462 g/mol. The molecule has 12 nitrogen and oxygen atoms in total. The van der Waals surface area contributed by atoms with Gasteiger partial charge in [-0.1, -0.05) is 19.1 Å². The second-order valence-corrected chi connectivity index (χ2v) is 7.08. The Hall–Kier alpha value is -4.63. The van der Waals surface area contributed by atoms with Crippen LogP contribution in [-0.2, 0) is 17.7 Å². The van der Waals surface area contributed by atoms with Crippen LogP contribution in [0.1, 0.15) is 39.8 Å². The molecule has 34 heavy (non-hydrogen) atoms. The first-order valence-corrected chi connectivity index (χ1v) is 10.3. The summed E-state index contributed by atoms with van der Waals surface area (Å²) < 4.78 is 0. The van der Waals surface area contributed by atoms with E-state index in [1.165, 1.54) is 18.3 Å². The summed E-state index contributed by atoms with van der Waals surface area (Å²) in [4.78, 5) is 39.9. The van der Waals surface area contributed by atoms with Gasteiger partial charge in [0.1, 0.15) is 17.6 Å². The van der Waals surface area contributed by atoms with Crippen LogP contribution in [-0.4, -0.2) is 38.9 Å².